The second-order valence-corrected chi connectivity index (χ2v) is 24.9. The molecule has 0 aliphatic heterocycles. The van der Waals surface area contributed by atoms with E-state index in [2.05, 4.69) is 208 Å². The SMILES string of the molecule is S=P(c1ccccc1)(c1ccccc1)c1ccc2ccccc2c1-c1c(P(c2ccccc2)c2ccccc2)ccc2ccccc12.[CH2][CH][CH2].[F][Sb-]([F])([F])([F])([F])[F].[Pd+2]. The molecule has 8 aromatic carbocycles. The van der Waals surface area contributed by atoms with E-state index in [4.69, 9.17) is 11.8 Å². The standard InChI is InChI=1S/C44H32P2S.C3H5.6FH.Pd.Sb/c47-46(37-23-9-3-10-24-37,38-25-11-4-12-26-38)42-32-30-34-18-14-16-28-40(34)44(42)43-39-27-15-13-17-33(39)29-31-41(43)45(35-19-5-1-6-20-35)36-21-7-2-8-22-36;1-3-2;;;;;;;;/h1-32H;3H,1-2H2;6*1H;;/q;;;;;;;;+2;+5/p-6. The van der Waals surface area contributed by atoms with E-state index in [9.17, 15) is 16.9 Å². The minimum atomic E-state index is -11.2. The van der Waals surface area contributed by atoms with Gasteiger partial charge >= 0.3 is 56.8 Å². The van der Waals surface area contributed by atoms with Gasteiger partial charge in [-0.3, -0.25) is 0 Å². The zero-order valence-corrected chi connectivity index (χ0v) is 37.5. The Morgan fingerprint density at radius 2 is 0.776 bits per heavy atom. The van der Waals surface area contributed by atoms with Gasteiger partial charge in [0.1, 0.15) is 0 Å². The van der Waals surface area contributed by atoms with Crippen LogP contribution in [0.1, 0.15) is 0 Å². The van der Waals surface area contributed by atoms with Gasteiger partial charge in [0.2, 0.25) is 0 Å². The predicted molar refractivity (Wildman–Crippen MR) is 239 cm³/mol. The fraction of sp³-hybridized carbons (Fsp3) is 0. The Bertz CT molecular complexity index is 2560. The normalized spacial score (nSPS) is 12.6. The van der Waals surface area contributed by atoms with Gasteiger partial charge in [-0.05, 0) is 87.4 Å². The first-order chi connectivity index (χ1) is 27.1. The first-order valence-corrected chi connectivity index (χ1v) is 27.7. The zero-order chi connectivity index (χ0) is 40.7. The number of rotatable bonds is 7. The largest absolute Gasteiger partial charge is 2.00 e. The quantitative estimate of drug-likeness (QED) is 0.0871. The monoisotopic (exact) mass is 1040 g/mol. The fourth-order valence-corrected chi connectivity index (χ4v) is 13.3. The molecule has 0 spiro atoms. The summed E-state index contributed by atoms with van der Waals surface area (Å²) in [6, 6.07) is 68.2. The van der Waals surface area contributed by atoms with Crippen molar-refractivity contribution < 1.29 is 37.3 Å². The molecule has 0 saturated heterocycles. The van der Waals surface area contributed by atoms with Crippen molar-refractivity contribution in [1.29, 1.82) is 0 Å². The Hall–Kier alpha value is -3.58. The van der Waals surface area contributed by atoms with Crippen molar-refractivity contribution in [1.82, 2.24) is 0 Å². The van der Waals surface area contributed by atoms with E-state index >= 15 is 0 Å². The smallest absolute Gasteiger partial charge is 2.00 e. The Balaban J connectivity index is 0.000000523. The summed E-state index contributed by atoms with van der Waals surface area (Å²) in [5.74, 6) is 0. The number of halogens is 6. The molecule has 0 amide bonds. The number of benzene rings is 8. The molecule has 0 unspecified atom stereocenters. The summed E-state index contributed by atoms with van der Waals surface area (Å²) in [5.41, 5.74) is 2.54. The van der Waals surface area contributed by atoms with Crippen LogP contribution in [0.2, 0.25) is 0 Å². The van der Waals surface area contributed by atoms with Gasteiger partial charge < -0.3 is 0 Å². The summed E-state index contributed by atoms with van der Waals surface area (Å²) in [4.78, 5) is 0. The maximum Gasteiger partial charge on any atom is 2.00 e. The topological polar surface area (TPSA) is 0 Å². The van der Waals surface area contributed by atoms with E-state index in [-0.39, 0.29) is 20.4 Å². The Kier molecular flexibility index (Phi) is 14.4. The van der Waals surface area contributed by atoms with Crippen LogP contribution in [0.15, 0.2) is 194 Å². The van der Waals surface area contributed by atoms with Crippen molar-refractivity contribution in [2.24, 2.45) is 0 Å². The summed E-state index contributed by atoms with van der Waals surface area (Å²) >= 11 is -4.16. The molecule has 0 aliphatic carbocycles. The molecule has 0 bridgehead atoms. The molecular weight excluding hydrogens is 1000 g/mol. The Morgan fingerprint density at radius 3 is 1.19 bits per heavy atom. The van der Waals surface area contributed by atoms with Crippen molar-refractivity contribution in [3.05, 3.63) is 214 Å². The van der Waals surface area contributed by atoms with Gasteiger partial charge in [0, 0.05) is 11.3 Å². The van der Waals surface area contributed by atoms with Gasteiger partial charge in [0.25, 0.3) is 0 Å². The van der Waals surface area contributed by atoms with Gasteiger partial charge in [-0.15, -0.1) is 0 Å². The van der Waals surface area contributed by atoms with Crippen molar-refractivity contribution in [2.45, 2.75) is 0 Å². The second kappa shape index (κ2) is 18.4. The van der Waals surface area contributed by atoms with Crippen molar-refractivity contribution >= 4 is 98.6 Å². The first-order valence-electron chi connectivity index (χ1n) is 17.7. The van der Waals surface area contributed by atoms with Crippen molar-refractivity contribution in [2.75, 3.05) is 0 Å². The van der Waals surface area contributed by atoms with Gasteiger partial charge in [0.15, 0.2) is 0 Å². The molecule has 8 aromatic rings. The third kappa shape index (κ3) is 11.4. The summed E-state index contributed by atoms with van der Waals surface area (Å²) in [6.45, 7) is 6.50. The third-order valence-electron chi connectivity index (χ3n) is 8.91. The Morgan fingerprint density at radius 1 is 0.448 bits per heavy atom. The molecule has 0 heterocycles. The summed E-state index contributed by atoms with van der Waals surface area (Å²) < 4.78 is 59.6. The average molecular weight is 1040 g/mol. The molecule has 0 atom stereocenters. The third-order valence-corrected chi connectivity index (χ3v) is 16.4. The van der Waals surface area contributed by atoms with E-state index in [0.29, 0.717) is 0 Å². The van der Waals surface area contributed by atoms with Crippen LogP contribution in [0, 0.1) is 20.3 Å². The van der Waals surface area contributed by atoms with Crippen LogP contribution in [0.25, 0.3) is 32.7 Å². The fourth-order valence-electron chi connectivity index (χ4n) is 6.78. The first kappa shape index (κ1) is 45.5. The van der Waals surface area contributed by atoms with Gasteiger partial charge in [0.05, 0.1) is 0 Å². The van der Waals surface area contributed by atoms with Crippen LogP contribution in [0.3, 0.4) is 0 Å². The van der Waals surface area contributed by atoms with Crippen molar-refractivity contribution in [3.63, 3.8) is 0 Å². The van der Waals surface area contributed by atoms with Crippen LogP contribution in [0.5, 0.6) is 0 Å². The maximum absolute atomic E-state index is 11.2. The molecule has 0 aromatic heterocycles. The van der Waals surface area contributed by atoms with E-state index in [1.807, 2.05) is 0 Å². The molecule has 58 heavy (non-hydrogen) atoms. The molecule has 297 valence electrons. The minimum absolute atomic E-state index is 0. The molecule has 0 nitrogen and oxygen atoms in total. The van der Waals surface area contributed by atoms with E-state index in [1.165, 1.54) is 70.9 Å². The maximum atomic E-state index is 9.93. The van der Waals surface area contributed by atoms with Gasteiger partial charge in [-0.25, -0.2) is 0 Å². The second-order valence-electron chi connectivity index (χ2n) is 12.9. The minimum Gasteiger partial charge on any atom is 2.00 e. The number of hydrogen-bond donors (Lipinski definition) is 0. The summed E-state index contributed by atoms with van der Waals surface area (Å²) in [5, 5.41) is 12.6. The molecule has 3 radical (unpaired) electrons. The molecule has 8 rings (SSSR count). The molecule has 0 aliphatic rings. The average Bonchev–Trinajstić information content (AvgIpc) is 3.21. The summed E-state index contributed by atoms with van der Waals surface area (Å²) in [6.07, 6.45) is 1.50. The molecule has 0 saturated carbocycles. The van der Waals surface area contributed by atoms with Crippen LogP contribution < -0.4 is 31.8 Å². The Labute approximate surface area is 358 Å². The molecular formula is C47H37F6P2PdSSb+. The van der Waals surface area contributed by atoms with Crippen molar-refractivity contribution in [3.8, 4) is 11.1 Å². The van der Waals surface area contributed by atoms with Crippen LogP contribution in [-0.4, -0.2) is 19.5 Å². The zero-order valence-electron chi connectivity index (χ0n) is 30.8. The van der Waals surface area contributed by atoms with Crippen LogP contribution in [-0.2, 0) is 32.2 Å². The number of hydrogen-bond acceptors (Lipinski definition) is 1. The van der Waals surface area contributed by atoms with E-state index < -0.39 is 33.4 Å². The predicted octanol–water partition coefficient (Wildman–Crippen LogP) is 12.2. The van der Waals surface area contributed by atoms with E-state index in [1.54, 1.807) is 0 Å². The van der Waals surface area contributed by atoms with Crippen LogP contribution in [0.4, 0.5) is 16.9 Å². The molecule has 11 heteroatoms. The van der Waals surface area contributed by atoms with E-state index in [0.717, 1.165) is 0 Å². The van der Waals surface area contributed by atoms with Crippen LogP contribution >= 0.6 is 14.0 Å². The van der Waals surface area contributed by atoms with Gasteiger partial charge in [-0.1, -0.05) is 206 Å². The molecule has 0 N–H and O–H groups in total. The summed E-state index contributed by atoms with van der Waals surface area (Å²) in [7, 11) is -0.897. The number of fused-ring (bicyclic) bond motifs is 2. The molecule has 0 fully saturated rings. The van der Waals surface area contributed by atoms with Gasteiger partial charge in [-0.2, -0.15) is 0 Å².